The van der Waals surface area contributed by atoms with Crippen molar-refractivity contribution in [3.05, 3.63) is 22.9 Å². The van der Waals surface area contributed by atoms with Crippen LogP contribution in [0.2, 0.25) is 0 Å². The fourth-order valence-electron chi connectivity index (χ4n) is 2.86. The van der Waals surface area contributed by atoms with Crippen molar-refractivity contribution in [3.63, 3.8) is 0 Å². The number of hydrogen-bond donors (Lipinski definition) is 1. The molecule has 2 atom stereocenters. The Bertz CT molecular complexity index is 760. The van der Waals surface area contributed by atoms with Crippen LogP contribution in [0.15, 0.2) is 17.3 Å². The molecule has 1 N–H and O–H groups in total. The van der Waals surface area contributed by atoms with Gasteiger partial charge in [0.1, 0.15) is 5.39 Å². The standard InChI is InChI=1S/C15H21N5O3/c1-10(12-4-3-7-23-12)18-13(21)5-6-20-9-16-14-11(15(20)22)8-17-19(14)2/h8-10,12H,3-7H2,1-2H3,(H,18,21). The number of carbonyl (C=O) groups excluding carboxylic acids is 1. The smallest absolute Gasteiger partial charge is 0.264 e. The lowest BCUT2D eigenvalue weighted by Gasteiger charge is -2.20. The third-order valence-corrected chi connectivity index (χ3v) is 4.21. The molecule has 1 amide bonds. The van der Waals surface area contributed by atoms with Crippen LogP contribution in [0.5, 0.6) is 0 Å². The summed E-state index contributed by atoms with van der Waals surface area (Å²) in [6, 6.07) is -0.0133. The van der Waals surface area contributed by atoms with E-state index in [2.05, 4.69) is 15.4 Å². The highest BCUT2D eigenvalue weighted by Crippen LogP contribution is 2.15. The molecule has 2 unspecified atom stereocenters. The quantitative estimate of drug-likeness (QED) is 0.850. The van der Waals surface area contributed by atoms with Gasteiger partial charge in [-0.2, -0.15) is 5.10 Å². The van der Waals surface area contributed by atoms with Crippen LogP contribution in [0.1, 0.15) is 26.2 Å². The van der Waals surface area contributed by atoms with Crippen molar-refractivity contribution >= 4 is 16.9 Å². The highest BCUT2D eigenvalue weighted by Gasteiger charge is 2.23. The predicted molar refractivity (Wildman–Crippen MR) is 84.0 cm³/mol. The molecule has 8 nitrogen and oxygen atoms in total. The summed E-state index contributed by atoms with van der Waals surface area (Å²) in [5.41, 5.74) is 0.366. The molecule has 1 aliphatic rings. The van der Waals surface area contributed by atoms with Gasteiger partial charge >= 0.3 is 0 Å². The van der Waals surface area contributed by atoms with Crippen molar-refractivity contribution in [2.24, 2.45) is 7.05 Å². The van der Waals surface area contributed by atoms with Gasteiger partial charge in [0.25, 0.3) is 5.56 Å². The third kappa shape index (κ3) is 3.26. The summed E-state index contributed by atoms with van der Waals surface area (Å²) in [6.07, 6.45) is 5.29. The van der Waals surface area contributed by atoms with Gasteiger partial charge in [0.15, 0.2) is 5.65 Å². The van der Waals surface area contributed by atoms with Crippen LogP contribution in [-0.4, -0.2) is 44.0 Å². The lowest BCUT2D eigenvalue weighted by atomic mass is 10.1. The number of carbonyl (C=O) groups is 1. The molecule has 0 bridgehead atoms. The van der Waals surface area contributed by atoms with E-state index in [0.29, 0.717) is 17.6 Å². The van der Waals surface area contributed by atoms with E-state index >= 15 is 0 Å². The van der Waals surface area contributed by atoms with Crippen LogP contribution >= 0.6 is 0 Å². The van der Waals surface area contributed by atoms with Crippen molar-refractivity contribution in [1.82, 2.24) is 24.6 Å². The van der Waals surface area contributed by atoms with Crippen molar-refractivity contribution in [1.29, 1.82) is 0 Å². The Labute approximate surface area is 133 Å². The van der Waals surface area contributed by atoms with E-state index in [1.165, 1.54) is 17.1 Å². The first kappa shape index (κ1) is 15.7. The van der Waals surface area contributed by atoms with Gasteiger partial charge in [0.2, 0.25) is 5.91 Å². The molecule has 1 saturated heterocycles. The first-order chi connectivity index (χ1) is 11.1. The van der Waals surface area contributed by atoms with Crippen LogP contribution in [0.3, 0.4) is 0 Å². The molecule has 0 aromatic carbocycles. The van der Waals surface area contributed by atoms with Gasteiger partial charge in [-0.1, -0.05) is 0 Å². The lowest BCUT2D eigenvalue weighted by molar-refractivity contribution is -0.122. The van der Waals surface area contributed by atoms with Crippen molar-refractivity contribution in [3.8, 4) is 0 Å². The molecular formula is C15H21N5O3. The molecule has 2 aromatic heterocycles. The SMILES string of the molecule is CC(NC(=O)CCn1cnc2c(cnn2C)c1=O)C1CCCO1. The van der Waals surface area contributed by atoms with Crippen molar-refractivity contribution in [2.45, 2.75) is 44.9 Å². The summed E-state index contributed by atoms with van der Waals surface area (Å²) < 4.78 is 8.56. The fourth-order valence-corrected chi connectivity index (χ4v) is 2.86. The number of amides is 1. The number of aromatic nitrogens is 4. The van der Waals surface area contributed by atoms with E-state index < -0.39 is 0 Å². The summed E-state index contributed by atoms with van der Waals surface area (Å²) in [7, 11) is 1.74. The van der Waals surface area contributed by atoms with Gasteiger partial charge in [-0.3, -0.25) is 18.8 Å². The average molecular weight is 319 g/mol. The summed E-state index contributed by atoms with van der Waals surface area (Å²) in [5.74, 6) is -0.0915. The van der Waals surface area contributed by atoms with Crippen LogP contribution < -0.4 is 10.9 Å². The minimum absolute atomic E-state index is 0.0133. The molecule has 1 aliphatic heterocycles. The van der Waals surface area contributed by atoms with E-state index in [9.17, 15) is 9.59 Å². The first-order valence-corrected chi connectivity index (χ1v) is 7.84. The molecule has 0 radical (unpaired) electrons. The van der Waals surface area contributed by atoms with Crippen molar-refractivity contribution < 1.29 is 9.53 Å². The Morgan fingerprint density at radius 3 is 3.13 bits per heavy atom. The second-order valence-electron chi connectivity index (χ2n) is 5.91. The van der Waals surface area contributed by atoms with Crippen LogP contribution in [0.25, 0.3) is 11.0 Å². The van der Waals surface area contributed by atoms with E-state index in [-0.39, 0.29) is 30.0 Å². The van der Waals surface area contributed by atoms with E-state index in [1.807, 2.05) is 6.92 Å². The number of aryl methyl sites for hydroxylation is 2. The highest BCUT2D eigenvalue weighted by atomic mass is 16.5. The second kappa shape index (κ2) is 6.49. The zero-order valence-corrected chi connectivity index (χ0v) is 13.4. The predicted octanol–water partition coefficient (Wildman–Crippen LogP) is 0.204. The maximum absolute atomic E-state index is 12.3. The van der Waals surface area contributed by atoms with E-state index in [0.717, 1.165) is 19.4 Å². The summed E-state index contributed by atoms with van der Waals surface area (Å²) >= 11 is 0. The monoisotopic (exact) mass is 319 g/mol. The van der Waals surface area contributed by atoms with Gasteiger partial charge in [-0.15, -0.1) is 0 Å². The number of nitrogens with zero attached hydrogens (tertiary/aromatic N) is 4. The van der Waals surface area contributed by atoms with Gasteiger partial charge in [-0.25, -0.2) is 4.98 Å². The minimum Gasteiger partial charge on any atom is -0.376 e. The zero-order valence-electron chi connectivity index (χ0n) is 13.4. The number of fused-ring (bicyclic) bond motifs is 1. The molecular weight excluding hydrogens is 298 g/mol. The van der Waals surface area contributed by atoms with E-state index in [4.69, 9.17) is 4.74 Å². The number of hydrogen-bond acceptors (Lipinski definition) is 5. The van der Waals surface area contributed by atoms with Crippen LogP contribution in [0.4, 0.5) is 0 Å². The number of nitrogens with one attached hydrogen (secondary N) is 1. The Morgan fingerprint density at radius 2 is 2.39 bits per heavy atom. The molecule has 1 fully saturated rings. The second-order valence-corrected chi connectivity index (χ2v) is 5.91. The van der Waals surface area contributed by atoms with Gasteiger partial charge < -0.3 is 10.1 Å². The highest BCUT2D eigenvalue weighted by molar-refractivity contribution is 5.76. The van der Waals surface area contributed by atoms with Crippen LogP contribution in [-0.2, 0) is 23.1 Å². The third-order valence-electron chi connectivity index (χ3n) is 4.21. The molecule has 3 heterocycles. The Hall–Kier alpha value is -2.22. The van der Waals surface area contributed by atoms with Gasteiger partial charge in [0.05, 0.1) is 24.7 Å². The molecule has 0 saturated carbocycles. The summed E-state index contributed by atoms with van der Waals surface area (Å²) in [6.45, 7) is 3.00. The van der Waals surface area contributed by atoms with Gasteiger partial charge in [-0.05, 0) is 19.8 Å². The number of ether oxygens (including phenoxy) is 1. The molecule has 2 aromatic rings. The Balaban J connectivity index is 1.60. The normalized spacial score (nSPS) is 19.1. The molecule has 23 heavy (non-hydrogen) atoms. The number of rotatable bonds is 5. The summed E-state index contributed by atoms with van der Waals surface area (Å²) in [4.78, 5) is 28.6. The average Bonchev–Trinajstić information content (AvgIpc) is 3.17. The molecule has 0 spiro atoms. The Morgan fingerprint density at radius 1 is 1.57 bits per heavy atom. The lowest BCUT2D eigenvalue weighted by Crippen LogP contribution is -2.41. The maximum Gasteiger partial charge on any atom is 0.264 e. The maximum atomic E-state index is 12.3. The topological polar surface area (TPSA) is 91.0 Å². The fraction of sp³-hybridized carbons (Fsp3) is 0.600. The molecule has 124 valence electrons. The minimum atomic E-state index is -0.178. The molecule has 8 heteroatoms. The largest absolute Gasteiger partial charge is 0.376 e. The first-order valence-electron chi connectivity index (χ1n) is 7.84. The summed E-state index contributed by atoms with van der Waals surface area (Å²) in [5, 5.41) is 7.42. The Kier molecular flexibility index (Phi) is 4.42. The zero-order chi connectivity index (χ0) is 16.4. The van der Waals surface area contributed by atoms with Gasteiger partial charge in [0, 0.05) is 26.6 Å². The van der Waals surface area contributed by atoms with E-state index in [1.54, 1.807) is 11.7 Å². The molecule has 3 rings (SSSR count). The van der Waals surface area contributed by atoms with Crippen LogP contribution in [0, 0.1) is 0 Å². The molecule has 0 aliphatic carbocycles. The van der Waals surface area contributed by atoms with Crippen molar-refractivity contribution in [2.75, 3.05) is 6.61 Å².